The summed E-state index contributed by atoms with van der Waals surface area (Å²) in [6.07, 6.45) is 0. The molecule has 2 aromatic heterocycles. The molecule has 0 spiro atoms. The van der Waals surface area contributed by atoms with Gasteiger partial charge >= 0.3 is 6.85 Å². The second kappa shape index (κ2) is 10.4. The summed E-state index contributed by atoms with van der Waals surface area (Å²) in [5.74, 6) is 0. The molecule has 4 heterocycles. The van der Waals surface area contributed by atoms with Crippen LogP contribution in [0.2, 0.25) is 0 Å². The summed E-state index contributed by atoms with van der Waals surface area (Å²) in [6, 6.07) is 67.1. The summed E-state index contributed by atoms with van der Waals surface area (Å²) in [5.41, 5.74) is 17.5. The Balaban J connectivity index is 1.26. The summed E-state index contributed by atoms with van der Waals surface area (Å²) < 4.78 is 4.91. The first kappa shape index (κ1) is 28.0. The van der Waals surface area contributed by atoms with Gasteiger partial charge in [0.1, 0.15) is 0 Å². The second-order valence-corrected chi connectivity index (χ2v) is 14.1. The van der Waals surface area contributed by atoms with Crippen molar-refractivity contribution in [1.29, 1.82) is 0 Å². The van der Waals surface area contributed by atoms with E-state index in [1.807, 2.05) is 0 Å². The molecule has 0 atom stereocenters. The summed E-state index contributed by atoms with van der Waals surface area (Å²) in [5, 5.41) is 5.10. The van der Waals surface area contributed by atoms with Crippen molar-refractivity contribution in [1.82, 2.24) is 9.13 Å². The predicted molar refractivity (Wildman–Crippen MR) is 220 cm³/mol. The third-order valence-corrected chi connectivity index (χ3v) is 11.5. The van der Waals surface area contributed by atoms with Crippen LogP contribution in [0, 0.1) is 0 Å². The number of para-hydroxylation sites is 4. The quantitative estimate of drug-likeness (QED) is 0.168. The highest BCUT2D eigenvalue weighted by atomic mass is 15.1. The fourth-order valence-electron chi connectivity index (χ4n) is 9.45. The van der Waals surface area contributed by atoms with Gasteiger partial charge in [0.25, 0.3) is 0 Å². The minimum atomic E-state index is 0.0670. The van der Waals surface area contributed by atoms with Crippen LogP contribution in [0.4, 0.5) is 11.4 Å². The van der Waals surface area contributed by atoms with Gasteiger partial charge in [-0.15, -0.1) is 0 Å². The van der Waals surface area contributed by atoms with Crippen LogP contribution in [-0.2, 0) is 0 Å². The molecule has 0 aliphatic carbocycles. The summed E-state index contributed by atoms with van der Waals surface area (Å²) in [6.45, 7) is 0.0670. The van der Waals surface area contributed by atoms with Gasteiger partial charge in [-0.2, -0.15) is 0 Å². The Kier molecular flexibility index (Phi) is 5.58. The smallest absolute Gasteiger partial charge is 0.329 e. The van der Waals surface area contributed by atoms with E-state index in [9.17, 15) is 0 Å². The molecule has 4 heteroatoms. The molecular formula is C48H30BN3. The lowest BCUT2D eigenvalue weighted by Crippen LogP contribution is -2.59. The fourth-order valence-corrected chi connectivity index (χ4v) is 9.45. The SMILES string of the molecule is c1ccc(-n2c3ccccc3c3c4c5cc6c(cc5n(-c5ccccc5)c4ccc32)N2B(c3ccccc3-c3ccccc32)c2ccccc2-6)cc1. The normalized spacial score (nSPS) is 12.9. The van der Waals surface area contributed by atoms with E-state index in [-0.39, 0.29) is 6.85 Å². The lowest BCUT2D eigenvalue weighted by Gasteiger charge is -2.43. The molecule has 3 nitrogen and oxygen atoms in total. The van der Waals surface area contributed by atoms with E-state index in [1.165, 1.54) is 93.9 Å². The van der Waals surface area contributed by atoms with Crippen LogP contribution >= 0.6 is 0 Å². The molecule has 2 aliphatic rings. The number of rotatable bonds is 2. The molecular weight excluding hydrogens is 629 g/mol. The Hall–Kier alpha value is -6.78. The predicted octanol–water partition coefficient (Wildman–Crippen LogP) is 10.8. The van der Waals surface area contributed by atoms with Crippen LogP contribution in [0.15, 0.2) is 182 Å². The van der Waals surface area contributed by atoms with Crippen molar-refractivity contribution in [2.45, 2.75) is 0 Å². The minimum Gasteiger partial charge on any atom is -0.376 e. The number of hydrogen-bond donors (Lipinski definition) is 0. The summed E-state index contributed by atoms with van der Waals surface area (Å²) in [7, 11) is 0. The molecule has 0 amide bonds. The van der Waals surface area contributed by atoms with Crippen LogP contribution in [0.3, 0.4) is 0 Å². The number of anilines is 2. The number of hydrogen-bond acceptors (Lipinski definition) is 1. The van der Waals surface area contributed by atoms with Gasteiger partial charge in [-0.05, 0) is 82.7 Å². The minimum absolute atomic E-state index is 0.0670. The lowest BCUT2D eigenvalue weighted by molar-refractivity contribution is 1.17. The number of aromatic nitrogens is 2. The zero-order chi connectivity index (χ0) is 33.9. The first-order chi connectivity index (χ1) is 25.8. The van der Waals surface area contributed by atoms with Crippen LogP contribution in [-0.4, -0.2) is 16.0 Å². The van der Waals surface area contributed by atoms with Crippen molar-refractivity contribution in [3.63, 3.8) is 0 Å². The molecule has 0 saturated heterocycles. The molecule has 52 heavy (non-hydrogen) atoms. The monoisotopic (exact) mass is 659 g/mol. The van der Waals surface area contributed by atoms with E-state index < -0.39 is 0 Å². The molecule has 240 valence electrons. The van der Waals surface area contributed by atoms with Crippen molar-refractivity contribution in [2.24, 2.45) is 0 Å². The highest BCUT2D eigenvalue weighted by molar-refractivity contribution is 6.92. The van der Waals surface area contributed by atoms with Gasteiger partial charge in [-0.3, -0.25) is 0 Å². The Morgan fingerprint density at radius 2 is 0.846 bits per heavy atom. The Bertz CT molecular complexity index is 3080. The Labute approximate surface area is 301 Å². The molecule has 0 saturated carbocycles. The third-order valence-electron chi connectivity index (χ3n) is 11.5. The van der Waals surface area contributed by atoms with Crippen molar-refractivity contribution in [2.75, 3.05) is 4.81 Å². The van der Waals surface area contributed by atoms with Gasteiger partial charge < -0.3 is 13.9 Å². The maximum absolute atomic E-state index is 2.61. The van der Waals surface area contributed by atoms with Gasteiger partial charge in [0, 0.05) is 55.4 Å². The molecule has 0 unspecified atom stereocenters. The summed E-state index contributed by atoms with van der Waals surface area (Å²) in [4.78, 5) is 2.61. The van der Waals surface area contributed by atoms with E-state index in [0.29, 0.717) is 0 Å². The van der Waals surface area contributed by atoms with Crippen molar-refractivity contribution >= 4 is 72.8 Å². The standard InChI is InChI=1S/C48H30BN3/c1-3-15-31(16-4-1)50-41-25-13-10-22-36(41)47-43(50)27-28-44-48(47)38-29-37-34-20-8-12-24-40(34)49-39-23-11-7-19-33(39)35-21-9-14-26-42(35)52(49)46(37)30-45(38)51(44)32-17-5-2-6-18-32/h1-30H. The van der Waals surface area contributed by atoms with E-state index in [4.69, 9.17) is 0 Å². The largest absolute Gasteiger partial charge is 0.376 e. The van der Waals surface area contributed by atoms with E-state index in [0.717, 1.165) is 5.69 Å². The maximum atomic E-state index is 2.61. The first-order valence-electron chi connectivity index (χ1n) is 18.1. The highest BCUT2D eigenvalue weighted by Gasteiger charge is 2.42. The third kappa shape index (κ3) is 3.60. The number of nitrogens with zero attached hydrogens (tertiary/aromatic N) is 3. The molecule has 12 rings (SSSR count). The van der Waals surface area contributed by atoms with Crippen molar-refractivity contribution < 1.29 is 0 Å². The van der Waals surface area contributed by atoms with Crippen LogP contribution in [0.5, 0.6) is 0 Å². The maximum Gasteiger partial charge on any atom is 0.329 e. The zero-order valence-corrected chi connectivity index (χ0v) is 28.2. The molecule has 0 radical (unpaired) electrons. The van der Waals surface area contributed by atoms with Crippen molar-refractivity contribution in [3.8, 4) is 33.6 Å². The molecule has 0 fully saturated rings. The topological polar surface area (TPSA) is 13.1 Å². The number of benzene rings is 8. The van der Waals surface area contributed by atoms with E-state index >= 15 is 0 Å². The van der Waals surface area contributed by atoms with Gasteiger partial charge in [0.15, 0.2) is 0 Å². The average molecular weight is 660 g/mol. The number of fused-ring (bicyclic) bond motifs is 18. The van der Waals surface area contributed by atoms with Crippen LogP contribution < -0.4 is 15.7 Å². The molecule has 2 aliphatic heterocycles. The second-order valence-electron chi connectivity index (χ2n) is 14.1. The average Bonchev–Trinajstić information content (AvgIpc) is 3.73. The van der Waals surface area contributed by atoms with Crippen LogP contribution in [0.1, 0.15) is 0 Å². The zero-order valence-electron chi connectivity index (χ0n) is 28.2. The molecule has 0 N–H and O–H groups in total. The van der Waals surface area contributed by atoms with Gasteiger partial charge in [0.05, 0.1) is 22.1 Å². The van der Waals surface area contributed by atoms with Gasteiger partial charge in [-0.25, -0.2) is 0 Å². The highest BCUT2D eigenvalue weighted by Crippen LogP contribution is 2.50. The molecule has 0 bridgehead atoms. The molecule has 8 aromatic carbocycles. The molecule has 10 aromatic rings. The van der Waals surface area contributed by atoms with Crippen molar-refractivity contribution in [3.05, 3.63) is 182 Å². The first-order valence-corrected chi connectivity index (χ1v) is 18.1. The van der Waals surface area contributed by atoms with Crippen LogP contribution in [0.25, 0.3) is 77.2 Å². The fraction of sp³-hybridized carbons (Fsp3) is 0. The van der Waals surface area contributed by atoms with E-state index in [2.05, 4.69) is 196 Å². The van der Waals surface area contributed by atoms with E-state index in [1.54, 1.807) is 0 Å². The summed E-state index contributed by atoms with van der Waals surface area (Å²) >= 11 is 0. The van der Waals surface area contributed by atoms with Gasteiger partial charge in [0.2, 0.25) is 0 Å². The Morgan fingerprint density at radius 3 is 1.54 bits per heavy atom. The lowest BCUT2D eigenvalue weighted by atomic mass is 9.43. The van der Waals surface area contributed by atoms with Gasteiger partial charge in [-0.1, -0.05) is 121 Å². The Morgan fingerprint density at radius 1 is 0.327 bits per heavy atom.